The van der Waals surface area contributed by atoms with E-state index in [2.05, 4.69) is 10.4 Å². The number of hydrogen-bond acceptors (Lipinski definition) is 6. The molecule has 3 aromatic heterocycles. The lowest BCUT2D eigenvalue weighted by atomic mass is 10.2. The average Bonchev–Trinajstić information content (AvgIpc) is 3.06. The molecule has 0 unspecified atom stereocenters. The second-order valence-corrected chi connectivity index (χ2v) is 5.66. The van der Waals surface area contributed by atoms with Gasteiger partial charge in [0.25, 0.3) is 5.91 Å². The van der Waals surface area contributed by atoms with Crippen molar-refractivity contribution in [2.24, 2.45) is 5.84 Å². The van der Waals surface area contributed by atoms with Gasteiger partial charge in [-0.05, 0) is 23.6 Å². The maximum absolute atomic E-state index is 11.6. The Hall–Kier alpha value is -1.96. The second kappa shape index (κ2) is 4.61. The Morgan fingerprint density at radius 2 is 2.16 bits per heavy atom. The van der Waals surface area contributed by atoms with E-state index in [0.29, 0.717) is 10.6 Å². The molecule has 0 aliphatic heterocycles. The summed E-state index contributed by atoms with van der Waals surface area (Å²) < 4.78 is 0. The van der Waals surface area contributed by atoms with E-state index in [-0.39, 0.29) is 0 Å². The van der Waals surface area contributed by atoms with Crippen LogP contribution in [0.2, 0.25) is 0 Å². The monoisotopic (exact) mass is 290 g/mol. The number of pyridine rings is 1. The van der Waals surface area contributed by atoms with Crippen molar-refractivity contribution in [3.05, 3.63) is 33.8 Å². The third-order valence-corrected chi connectivity index (χ3v) is 4.55. The lowest BCUT2D eigenvalue weighted by molar-refractivity contribution is 0.0958. The first-order valence-electron chi connectivity index (χ1n) is 5.43. The number of nitrogens with zero attached hydrogens (tertiary/aromatic N) is 1. The molecule has 0 radical (unpaired) electrons. The van der Waals surface area contributed by atoms with Crippen LogP contribution >= 0.6 is 22.7 Å². The normalized spacial score (nSPS) is 10.8. The molecular formula is C12H10N4OS2. The SMILES string of the molecule is NNC(=O)c1sc2nc(-c3ccsc3)ccc2c1N. The van der Waals surface area contributed by atoms with Crippen LogP contribution in [0.4, 0.5) is 5.69 Å². The van der Waals surface area contributed by atoms with Crippen molar-refractivity contribution in [1.29, 1.82) is 0 Å². The molecule has 19 heavy (non-hydrogen) atoms. The number of carbonyl (C=O) groups is 1. The van der Waals surface area contributed by atoms with Gasteiger partial charge in [-0.1, -0.05) is 0 Å². The maximum atomic E-state index is 11.6. The van der Waals surface area contributed by atoms with Crippen molar-refractivity contribution >= 4 is 44.5 Å². The van der Waals surface area contributed by atoms with E-state index in [1.165, 1.54) is 11.3 Å². The molecule has 96 valence electrons. The van der Waals surface area contributed by atoms with Gasteiger partial charge in [0.1, 0.15) is 9.71 Å². The molecule has 0 spiro atoms. The summed E-state index contributed by atoms with van der Waals surface area (Å²) in [6.07, 6.45) is 0. The fraction of sp³-hybridized carbons (Fsp3) is 0. The number of nitrogen functional groups attached to an aromatic ring is 2. The number of thiophene rings is 2. The topological polar surface area (TPSA) is 94.0 Å². The van der Waals surface area contributed by atoms with Gasteiger partial charge in [0.15, 0.2) is 0 Å². The first-order chi connectivity index (χ1) is 9.20. The lowest BCUT2D eigenvalue weighted by Crippen LogP contribution is -2.29. The smallest absolute Gasteiger partial charge is 0.277 e. The molecule has 3 aromatic rings. The van der Waals surface area contributed by atoms with Gasteiger partial charge in [0.05, 0.1) is 11.4 Å². The Morgan fingerprint density at radius 1 is 1.32 bits per heavy atom. The minimum atomic E-state index is -0.391. The standard InChI is InChI=1S/C12H10N4OS2/c13-9-7-1-2-8(6-3-4-18-5-6)15-12(7)19-10(9)11(17)16-14/h1-5H,13-14H2,(H,16,17). The van der Waals surface area contributed by atoms with Gasteiger partial charge in [-0.2, -0.15) is 11.3 Å². The first-order valence-corrected chi connectivity index (χ1v) is 7.19. The van der Waals surface area contributed by atoms with Crippen LogP contribution in [0.1, 0.15) is 9.67 Å². The summed E-state index contributed by atoms with van der Waals surface area (Å²) in [5.74, 6) is 4.74. The number of hydrazine groups is 1. The molecule has 0 aliphatic rings. The van der Waals surface area contributed by atoms with Crippen molar-refractivity contribution < 1.29 is 4.79 Å². The highest BCUT2D eigenvalue weighted by Crippen LogP contribution is 2.34. The quantitative estimate of drug-likeness (QED) is 0.383. The predicted molar refractivity (Wildman–Crippen MR) is 79.0 cm³/mol. The molecule has 1 amide bonds. The zero-order valence-electron chi connectivity index (χ0n) is 9.71. The number of hydrogen-bond donors (Lipinski definition) is 3. The number of fused-ring (bicyclic) bond motifs is 1. The van der Waals surface area contributed by atoms with Crippen LogP contribution in [0, 0.1) is 0 Å². The van der Waals surface area contributed by atoms with E-state index in [9.17, 15) is 4.79 Å². The Bertz CT molecular complexity index is 749. The third kappa shape index (κ3) is 1.97. The van der Waals surface area contributed by atoms with Crippen LogP contribution < -0.4 is 17.0 Å². The Kier molecular flexibility index (Phi) is 2.94. The number of nitrogens with one attached hydrogen (secondary N) is 1. The molecule has 0 saturated heterocycles. The molecule has 5 N–H and O–H groups in total. The molecule has 7 heteroatoms. The van der Waals surface area contributed by atoms with Crippen molar-refractivity contribution in [1.82, 2.24) is 10.4 Å². The second-order valence-electron chi connectivity index (χ2n) is 3.88. The van der Waals surface area contributed by atoms with Gasteiger partial charge in [0, 0.05) is 16.3 Å². The molecule has 0 bridgehead atoms. The number of nitrogens with two attached hydrogens (primary N) is 2. The van der Waals surface area contributed by atoms with Crippen molar-refractivity contribution in [3.63, 3.8) is 0 Å². The first kappa shape index (κ1) is 12.1. The summed E-state index contributed by atoms with van der Waals surface area (Å²) in [5, 5.41) is 4.80. The molecular weight excluding hydrogens is 280 g/mol. The molecule has 0 atom stereocenters. The fourth-order valence-electron chi connectivity index (χ4n) is 1.80. The van der Waals surface area contributed by atoms with Gasteiger partial charge in [-0.25, -0.2) is 10.8 Å². The third-order valence-electron chi connectivity index (χ3n) is 2.75. The van der Waals surface area contributed by atoms with Crippen LogP contribution in [0.15, 0.2) is 29.0 Å². The van der Waals surface area contributed by atoms with Gasteiger partial charge < -0.3 is 5.73 Å². The Morgan fingerprint density at radius 3 is 2.84 bits per heavy atom. The molecule has 5 nitrogen and oxygen atoms in total. The van der Waals surface area contributed by atoms with Crippen molar-refractivity contribution in [2.45, 2.75) is 0 Å². The van der Waals surface area contributed by atoms with E-state index >= 15 is 0 Å². The van der Waals surface area contributed by atoms with Crippen LogP contribution in [0.5, 0.6) is 0 Å². The zero-order valence-corrected chi connectivity index (χ0v) is 11.3. The van der Waals surface area contributed by atoms with E-state index in [4.69, 9.17) is 11.6 Å². The fourth-order valence-corrected chi connectivity index (χ4v) is 3.45. The number of aromatic nitrogens is 1. The highest BCUT2D eigenvalue weighted by Gasteiger charge is 2.16. The molecule has 0 fully saturated rings. The summed E-state index contributed by atoms with van der Waals surface area (Å²) in [4.78, 5) is 17.3. The highest BCUT2D eigenvalue weighted by atomic mass is 32.1. The largest absolute Gasteiger partial charge is 0.397 e. The Labute approximate surface area is 116 Å². The molecule has 0 saturated carbocycles. The summed E-state index contributed by atoms with van der Waals surface area (Å²) in [6, 6.07) is 5.79. The minimum absolute atomic E-state index is 0.391. The number of rotatable bonds is 2. The van der Waals surface area contributed by atoms with E-state index in [1.807, 2.05) is 29.0 Å². The van der Waals surface area contributed by atoms with E-state index < -0.39 is 5.91 Å². The molecule has 3 rings (SSSR count). The van der Waals surface area contributed by atoms with Gasteiger partial charge in [0.2, 0.25) is 0 Å². The number of amides is 1. The Balaban J connectivity index is 2.17. The summed E-state index contributed by atoms with van der Waals surface area (Å²) in [5.41, 5.74) is 10.4. The number of carbonyl (C=O) groups excluding carboxylic acids is 1. The van der Waals surface area contributed by atoms with Gasteiger partial charge in [-0.15, -0.1) is 11.3 Å². The van der Waals surface area contributed by atoms with Crippen LogP contribution in [0.3, 0.4) is 0 Å². The highest BCUT2D eigenvalue weighted by molar-refractivity contribution is 7.21. The lowest BCUT2D eigenvalue weighted by Gasteiger charge is -1.97. The van der Waals surface area contributed by atoms with E-state index in [0.717, 1.165) is 21.5 Å². The van der Waals surface area contributed by atoms with Crippen molar-refractivity contribution in [3.8, 4) is 11.3 Å². The van der Waals surface area contributed by atoms with Crippen LogP contribution in [-0.2, 0) is 0 Å². The number of anilines is 1. The van der Waals surface area contributed by atoms with Crippen molar-refractivity contribution in [2.75, 3.05) is 5.73 Å². The maximum Gasteiger partial charge on any atom is 0.277 e. The van der Waals surface area contributed by atoms with E-state index in [1.54, 1.807) is 11.3 Å². The molecule has 3 heterocycles. The molecule has 0 aromatic carbocycles. The summed E-state index contributed by atoms with van der Waals surface area (Å²) in [6.45, 7) is 0. The summed E-state index contributed by atoms with van der Waals surface area (Å²) in [7, 11) is 0. The minimum Gasteiger partial charge on any atom is -0.397 e. The zero-order chi connectivity index (χ0) is 13.4. The van der Waals surface area contributed by atoms with Crippen LogP contribution in [-0.4, -0.2) is 10.9 Å². The summed E-state index contributed by atoms with van der Waals surface area (Å²) >= 11 is 2.86. The van der Waals surface area contributed by atoms with Crippen LogP contribution in [0.25, 0.3) is 21.5 Å². The average molecular weight is 290 g/mol. The molecule has 0 aliphatic carbocycles. The predicted octanol–water partition coefficient (Wildman–Crippen LogP) is 2.21. The van der Waals surface area contributed by atoms with Gasteiger partial charge >= 0.3 is 0 Å². The van der Waals surface area contributed by atoms with Gasteiger partial charge in [-0.3, -0.25) is 10.2 Å².